The Labute approximate surface area is 588 Å². The van der Waals surface area contributed by atoms with Crippen LogP contribution >= 0.6 is 11.6 Å². The van der Waals surface area contributed by atoms with Gasteiger partial charge in [0, 0.05) is 78.8 Å². The van der Waals surface area contributed by atoms with E-state index >= 15 is 0 Å². The molecule has 8 N–H and O–H groups in total. The molecule has 3 saturated heterocycles. The minimum absolute atomic E-state index is 0.0814. The Hall–Kier alpha value is -8.60. The highest BCUT2D eigenvalue weighted by Crippen LogP contribution is 2.55. The zero-order valence-electron chi connectivity index (χ0n) is 59.0. The van der Waals surface area contributed by atoms with E-state index in [1.54, 1.807) is 76.2 Å². The maximum Gasteiger partial charge on any atom is 0.409 e. The Morgan fingerprint density at radius 2 is 1.64 bits per heavy atom. The second-order valence-corrected chi connectivity index (χ2v) is 28.1. The Morgan fingerprint density at radius 1 is 0.930 bits per heavy atom. The summed E-state index contributed by atoms with van der Waals surface area (Å²) in [5.74, 6) is -4.69. The summed E-state index contributed by atoms with van der Waals surface area (Å²) in [5, 5.41) is 25.4. The van der Waals surface area contributed by atoms with Gasteiger partial charge in [-0.1, -0.05) is 86.4 Å². The van der Waals surface area contributed by atoms with Crippen molar-refractivity contribution in [3.05, 3.63) is 88.0 Å². The van der Waals surface area contributed by atoms with Crippen LogP contribution in [0.3, 0.4) is 0 Å². The molecule has 8 rings (SSSR count). The number of likely N-dealkylation sites (tertiary alicyclic amines) is 1. The number of amides is 11. The molecule has 4 unspecified atom stereocenters. The molecule has 6 aliphatic rings. The lowest BCUT2D eigenvalue weighted by Gasteiger charge is -2.42. The maximum atomic E-state index is 14.5. The molecule has 28 nitrogen and oxygen atoms in total. The van der Waals surface area contributed by atoms with Gasteiger partial charge >= 0.3 is 24.2 Å². The number of imide groups is 1. The van der Waals surface area contributed by atoms with Crippen LogP contribution in [0.4, 0.5) is 25.8 Å². The second-order valence-electron chi connectivity index (χ2n) is 27.7. The van der Waals surface area contributed by atoms with Crippen molar-refractivity contribution < 1.29 is 86.3 Å². The summed E-state index contributed by atoms with van der Waals surface area (Å²) in [5.41, 5.74) is 5.97. The van der Waals surface area contributed by atoms with Crippen LogP contribution in [0.5, 0.6) is 5.75 Å². The fourth-order valence-electron chi connectivity index (χ4n) is 14.0. The predicted octanol–water partition coefficient (Wildman–Crippen LogP) is 5.94. The van der Waals surface area contributed by atoms with Gasteiger partial charge in [0.05, 0.1) is 37.2 Å². The highest BCUT2D eigenvalue weighted by Gasteiger charge is 2.65. The highest BCUT2D eigenvalue weighted by molar-refractivity contribution is 6.35. The average molecular weight is 1410 g/mol. The Kier molecular flexibility index (Phi) is 25.7. The number of nitrogens with two attached hydrogens (primary N) is 1. The van der Waals surface area contributed by atoms with Crippen molar-refractivity contribution >= 4 is 88.5 Å². The number of alkyl carbamates (subject to hydrolysis) is 1. The lowest BCUT2D eigenvalue weighted by Crippen LogP contribution is -2.63. The summed E-state index contributed by atoms with van der Waals surface area (Å²) in [6, 6.07) is 5.75. The van der Waals surface area contributed by atoms with Gasteiger partial charge in [0.15, 0.2) is 5.72 Å². The van der Waals surface area contributed by atoms with Crippen LogP contribution in [0.1, 0.15) is 124 Å². The van der Waals surface area contributed by atoms with Crippen molar-refractivity contribution in [2.45, 2.75) is 180 Å². The number of nitrogens with zero attached hydrogens (tertiary/aromatic N) is 4. The van der Waals surface area contributed by atoms with E-state index in [0.29, 0.717) is 54.9 Å². The number of primary amides is 1. The van der Waals surface area contributed by atoms with Gasteiger partial charge in [-0.15, -0.1) is 0 Å². The quantitative estimate of drug-likeness (QED) is 0.0143. The lowest BCUT2D eigenvalue weighted by atomic mass is 9.82. The predicted molar refractivity (Wildman–Crippen MR) is 366 cm³/mol. The standard InChI is InChI=1S/C71H97ClN10O18/c1-38(2)60(77-54(83)21-14-13-15-28-82-64(88)57-45-31-40(4)47(34-45)58(57)65(82)89)63(87)76-48(19-17-27-74-67(73)91)62(86)75-46-24-22-43(23-25-46)37-97-69(93)79(8)29-26-55(84)80(9)42(6)66(90)99-53-35-56(85)81(10)49-32-44(33-50(95-11)59(49)72)30-39(3)18-16-20-52(96-12)71(94)36-51(98-68(92)78-71)41(5)61-70(53,7)100-61/h16,18,20,22-25,31-33,38,41-42,45,47-48,51-53,57-58,60-61,94H,13-15,17,19,21,26-30,34-37H2,1-12H3,(H,75,86)(H,76,87)(H,77,83)(H,78,92)(H3,73,74,91)/b20-16+,39-18+/t41-,42+,45?,47?,48+,51+,52-,53+,57?,58?,60+,61+,70+,71+/m1/s1. The fraction of sp³-hybridized carbons (Fsp3) is 0.592. The van der Waals surface area contributed by atoms with E-state index in [1.165, 1.54) is 62.6 Å². The zero-order valence-corrected chi connectivity index (χ0v) is 59.8. The minimum Gasteiger partial charge on any atom is -0.495 e. The third kappa shape index (κ3) is 18.3. The number of halogens is 1. The van der Waals surface area contributed by atoms with Gasteiger partial charge in [0.25, 0.3) is 0 Å². The van der Waals surface area contributed by atoms with Crippen molar-refractivity contribution in [1.29, 1.82) is 0 Å². The number of nitrogens with one attached hydrogen (secondary N) is 5. The molecular weight excluding hydrogens is 1320 g/mol. The minimum atomic E-state index is -1.91. The molecule has 29 heteroatoms. The summed E-state index contributed by atoms with van der Waals surface area (Å²) >= 11 is 6.85. The SMILES string of the molecule is COc1cc2cc(c1Cl)N(C)C(=O)C[C@H](OC(=O)[C@H](C)N(C)C(=O)CCN(C)C(=O)OCc1ccc(NC(=O)[C@H](CCCNC(N)=O)NC(=O)[C@@H](NC(=O)CCCCCN3C(=O)C4C5C=C(C)C(C5)C4C3=O)C(C)C)cc1)[C@]1(C)O[C@H]1[C@H](C)[C@@H]1C[C@@](O)(NC(=O)O1)[C@H](OC)/C=C/C=C(\C)C2. The van der Waals surface area contributed by atoms with E-state index in [1.807, 2.05) is 19.9 Å². The number of unbranched alkanes of at least 4 members (excludes halogenated alkanes) is 2. The number of esters is 1. The van der Waals surface area contributed by atoms with Gasteiger partial charge in [-0.05, 0) is 119 Å². The number of likely N-dealkylation sites (N-methyl/N-ethyl adjacent to an activating group) is 1. The molecule has 0 aromatic heterocycles. The van der Waals surface area contributed by atoms with Crippen LogP contribution in [0.15, 0.2) is 71.8 Å². The molecule has 14 atom stereocenters. The van der Waals surface area contributed by atoms with Crippen LogP contribution in [0.2, 0.25) is 5.02 Å². The third-order valence-corrected chi connectivity index (χ3v) is 20.6. The van der Waals surface area contributed by atoms with Gasteiger partial charge in [-0.3, -0.25) is 43.8 Å². The van der Waals surface area contributed by atoms with Crippen molar-refractivity contribution in [1.82, 2.24) is 36.0 Å². The molecule has 4 heterocycles. The topological polar surface area (TPSA) is 366 Å². The normalized spacial score (nSPS) is 27.2. The van der Waals surface area contributed by atoms with Gasteiger partial charge in [-0.2, -0.15) is 0 Å². The summed E-state index contributed by atoms with van der Waals surface area (Å²) < 4.78 is 35.1. The fourth-order valence-corrected chi connectivity index (χ4v) is 14.3. The molecule has 6 bridgehead atoms. The molecule has 4 fully saturated rings. The van der Waals surface area contributed by atoms with Gasteiger partial charge < -0.3 is 75.2 Å². The monoisotopic (exact) mass is 1410 g/mol. The highest BCUT2D eigenvalue weighted by atomic mass is 35.5. The molecule has 4 aliphatic heterocycles. The molecule has 0 spiro atoms. The summed E-state index contributed by atoms with van der Waals surface area (Å²) in [7, 11) is 7.21. The third-order valence-electron chi connectivity index (χ3n) is 20.2. The number of rotatable bonds is 26. The van der Waals surface area contributed by atoms with Crippen LogP contribution < -0.4 is 42.0 Å². The summed E-state index contributed by atoms with van der Waals surface area (Å²) in [6.07, 6.45) is 4.04. The number of hydrogen-bond donors (Lipinski definition) is 7. The largest absolute Gasteiger partial charge is 0.495 e. The number of epoxide rings is 1. The van der Waals surface area contributed by atoms with Crippen LogP contribution in [-0.4, -0.2) is 194 Å². The number of ether oxygens (including phenoxy) is 6. The molecule has 1 saturated carbocycles. The molecule has 100 heavy (non-hydrogen) atoms. The lowest BCUT2D eigenvalue weighted by molar-refractivity contribution is -0.162. The molecule has 0 radical (unpaired) electrons. The second kappa shape index (κ2) is 33.3. The smallest absolute Gasteiger partial charge is 0.409 e. The first-order chi connectivity index (χ1) is 47.3. The first-order valence-corrected chi connectivity index (χ1v) is 34.5. The Balaban J connectivity index is 0.820. The number of urea groups is 1. The van der Waals surface area contributed by atoms with E-state index in [2.05, 4.69) is 32.7 Å². The zero-order chi connectivity index (χ0) is 73.2. The van der Waals surface area contributed by atoms with Crippen molar-refractivity contribution in [3.63, 3.8) is 0 Å². The van der Waals surface area contributed by atoms with Crippen molar-refractivity contribution in [2.24, 2.45) is 41.2 Å². The van der Waals surface area contributed by atoms with E-state index in [0.717, 1.165) is 22.5 Å². The average Bonchev–Trinajstić information content (AvgIpc) is 1.57. The summed E-state index contributed by atoms with van der Waals surface area (Å²) in [6.45, 7) is 12.4. The molecule has 2 aromatic rings. The number of hydrogen-bond acceptors (Lipinski definition) is 18. The van der Waals surface area contributed by atoms with Crippen LogP contribution in [-0.2, 0) is 75.1 Å². The summed E-state index contributed by atoms with van der Waals surface area (Å²) in [4.78, 5) is 153. The van der Waals surface area contributed by atoms with Crippen molar-refractivity contribution in [2.75, 3.05) is 65.2 Å². The number of methoxy groups -OCH3 is 2. The number of aliphatic hydroxyl groups is 1. The van der Waals surface area contributed by atoms with Gasteiger partial charge in [-0.25, -0.2) is 19.2 Å². The van der Waals surface area contributed by atoms with E-state index < -0.39 is 114 Å². The van der Waals surface area contributed by atoms with E-state index in [4.69, 9.17) is 45.8 Å². The van der Waals surface area contributed by atoms with Gasteiger partial charge in [0.1, 0.15) is 59.4 Å². The van der Waals surface area contributed by atoms with Crippen LogP contribution in [0, 0.1) is 35.5 Å². The number of carbonyl (C=O) groups is 11. The first kappa shape index (κ1) is 77.1. The molecule has 11 amide bonds. The van der Waals surface area contributed by atoms with E-state index in [-0.39, 0.29) is 104 Å². The molecule has 2 aromatic carbocycles. The Morgan fingerprint density at radius 3 is 2.32 bits per heavy atom. The first-order valence-electron chi connectivity index (χ1n) is 34.1. The number of carbonyl (C=O) groups excluding carboxylic acids is 11. The molecule has 2 aliphatic carbocycles. The van der Waals surface area contributed by atoms with Gasteiger partial charge in [0.2, 0.25) is 41.4 Å². The Bertz CT molecular complexity index is 3530. The maximum absolute atomic E-state index is 14.5. The van der Waals surface area contributed by atoms with Crippen molar-refractivity contribution in [3.8, 4) is 5.75 Å². The van der Waals surface area contributed by atoms with E-state index in [9.17, 15) is 57.8 Å². The molecular formula is C71H97ClN10O18. The number of fused-ring (bicyclic) bond motifs is 10. The number of benzene rings is 2. The number of anilines is 2. The molecule has 546 valence electrons. The van der Waals surface area contributed by atoms with Crippen LogP contribution in [0.25, 0.3) is 0 Å². The number of allylic oxidation sites excluding steroid dienone is 5.